The van der Waals surface area contributed by atoms with Gasteiger partial charge in [-0.3, -0.25) is 4.90 Å². The Morgan fingerprint density at radius 2 is 2.07 bits per heavy atom. The Morgan fingerprint density at radius 3 is 2.60 bits per heavy atom. The lowest BCUT2D eigenvalue weighted by atomic mass is 9.99. The number of rotatable bonds is 1. The van der Waals surface area contributed by atoms with E-state index in [1.54, 1.807) is 11.8 Å². The monoisotopic (exact) mass is 213 g/mol. The lowest BCUT2D eigenvalue weighted by molar-refractivity contribution is -0.0123. The van der Waals surface area contributed by atoms with Gasteiger partial charge in [0.05, 0.1) is 24.8 Å². The number of hydrogen-bond donors (Lipinski definition) is 1. The highest BCUT2D eigenvalue weighted by Gasteiger charge is 2.65. The van der Waals surface area contributed by atoms with Crippen LogP contribution in [0.25, 0.3) is 0 Å². The standard InChI is InChI=1S/C10H15NO4/c1-2-14-10(13)11-6-3-5(12)4-7(11)9-8(6)15-9/h5-9,12H,2-4H2,1H3/t5-,6-,7+,8-,9+. The van der Waals surface area contributed by atoms with E-state index in [4.69, 9.17) is 9.47 Å². The Morgan fingerprint density at radius 1 is 1.47 bits per heavy atom. The molecule has 5 nitrogen and oxygen atoms in total. The maximum Gasteiger partial charge on any atom is 0.410 e. The van der Waals surface area contributed by atoms with E-state index in [0.29, 0.717) is 19.4 Å². The lowest BCUT2D eigenvalue weighted by Gasteiger charge is -2.38. The highest BCUT2D eigenvalue weighted by Crippen LogP contribution is 2.48. The first-order valence-corrected chi connectivity index (χ1v) is 5.51. The van der Waals surface area contributed by atoms with E-state index in [1.807, 2.05) is 0 Å². The second-order valence-corrected chi connectivity index (χ2v) is 4.43. The zero-order valence-corrected chi connectivity index (χ0v) is 8.63. The highest BCUT2D eigenvalue weighted by molar-refractivity contribution is 5.70. The molecule has 1 N–H and O–H groups in total. The van der Waals surface area contributed by atoms with Gasteiger partial charge in [0.2, 0.25) is 0 Å². The van der Waals surface area contributed by atoms with Crippen LogP contribution in [0.15, 0.2) is 0 Å². The zero-order valence-electron chi connectivity index (χ0n) is 8.63. The summed E-state index contributed by atoms with van der Waals surface area (Å²) in [7, 11) is 0. The molecule has 5 atom stereocenters. The number of aliphatic hydroxyl groups is 1. The first kappa shape index (κ1) is 9.42. The molecule has 3 saturated heterocycles. The van der Waals surface area contributed by atoms with Crippen molar-refractivity contribution in [2.45, 2.75) is 50.2 Å². The van der Waals surface area contributed by atoms with Gasteiger partial charge in [-0.2, -0.15) is 0 Å². The summed E-state index contributed by atoms with van der Waals surface area (Å²) < 4.78 is 10.5. The Kier molecular flexibility index (Phi) is 1.94. The fourth-order valence-electron chi connectivity index (χ4n) is 2.94. The molecule has 3 fully saturated rings. The Labute approximate surface area is 87.9 Å². The summed E-state index contributed by atoms with van der Waals surface area (Å²) >= 11 is 0. The van der Waals surface area contributed by atoms with Crippen molar-refractivity contribution < 1.29 is 19.4 Å². The third-order valence-electron chi connectivity index (χ3n) is 3.54. The number of carbonyl (C=O) groups is 1. The molecule has 1 amide bonds. The summed E-state index contributed by atoms with van der Waals surface area (Å²) in [6, 6.07) is 0.0607. The number of hydrogen-bond acceptors (Lipinski definition) is 4. The van der Waals surface area contributed by atoms with E-state index in [1.165, 1.54) is 0 Å². The van der Waals surface area contributed by atoms with E-state index < -0.39 is 0 Å². The molecule has 0 aromatic heterocycles. The average Bonchev–Trinajstić information content (AvgIpc) is 2.91. The van der Waals surface area contributed by atoms with Crippen LogP contribution in [0.3, 0.4) is 0 Å². The maximum atomic E-state index is 11.7. The third kappa shape index (κ3) is 1.26. The van der Waals surface area contributed by atoms with Crippen molar-refractivity contribution >= 4 is 6.09 Å². The molecule has 3 rings (SSSR count). The molecule has 3 heterocycles. The van der Waals surface area contributed by atoms with E-state index in [-0.39, 0.29) is 36.5 Å². The normalized spacial score (nSPS) is 46.3. The molecule has 0 spiro atoms. The summed E-state index contributed by atoms with van der Waals surface area (Å²) in [4.78, 5) is 13.5. The molecule has 3 aliphatic rings. The van der Waals surface area contributed by atoms with Gasteiger partial charge in [-0.15, -0.1) is 0 Å². The van der Waals surface area contributed by atoms with Crippen molar-refractivity contribution in [2.24, 2.45) is 0 Å². The first-order valence-electron chi connectivity index (χ1n) is 5.51. The minimum atomic E-state index is -0.290. The van der Waals surface area contributed by atoms with Crippen molar-refractivity contribution in [3.05, 3.63) is 0 Å². The minimum absolute atomic E-state index is 0.0304. The van der Waals surface area contributed by atoms with Gasteiger partial charge in [0, 0.05) is 0 Å². The molecule has 15 heavy (non-hydrogen) atoms. The van der Waals surface area contributed by atoms with Crippen LogP contribution in [0.2, 0.25) is 0 Å². The summed E-state index contributed by atoms with van der Waals surface area (Å²) in [6.45, 7) is 2.20. The van der Waals surface area contributed by atoms with Crippen molar-refractivity contribution in [1.29, 1.82) is 0 Å². The van der Waals surface area contributed by atoms with Crippen LogP contribution in [0, 0.1) is 0 Å². The zero-order chi connectivity index (χ0) is 10.6. The van der Waals surface area contributed by atoms with Gasteiger partial charge in [-0.1, -0.05) is 0 Å². The van der Waals surface area contributed by atoms with Crippen LogP contribution in [0.4, 0.5) is 4.79 Å². The fraction of sp³-hybridized carbons (Fsp3) is 0.900. The van der Waals surface area contributed by atoms with E-state index >= 15 is 0 Å². The third-order valence-corrected chi connectivity index (χ3v) is 3.54. The molecule has 0 radical (unpaired) electrons. The molecule has 0 aromatic rings. The number of nitrogens with zero attached hydrogens (tertiary/aromatic N) is 1. The summed E-state index contributed by atoms with van der Waals surface area (Å²) in [5.74, 6) is 0. The predicted molar refractivity (Wildman–Crippen MR) is 50.3 cm³/mol. The molecule has 3 aliphatic heterocycles. The van der Waals surface area contributed by atoms with Crippen LogP contribution >= 0.6 is 0 Å². The van der Waals surface area contributed by atoms with Gasteiger partial charge < -0.3 is 14.6 Å². The smallest absolute Gasteiger partial charge is 0.410 e. The first-order chi connectivity index (χ1) is 7.22. The summed E-state index contributed by atoms with van der Waals surface area (Å²) in [6.07, 6.45) is 0.998. The molecule has 5 heteroatoms. The lowest BCUT2D eigenvalue weighted by Crippen LogP contribution is -2.52. The number of carbonyl (C=O) groups excluding carboxylic acids is 1. The number of aliphatic hydroxyl groups excluding tert-OH is 1. The molecule has 0 saturated carbocycles. The van der Waals surface area contributed by atoms with Gasteiger partial charge in [0.1, 0.15) is 12.2 Å². The molecule has 0 aliphatic carbocycles. The van der Waals surface area contributed by atoms with Crippen LogP contribution in [-0.2, 0) is 9.47 Å². The molecule has 0 unspecified atom stereocenters. The number of piperidine rings is 1. The molecule has 84 valence electrons. The quantitative estimate of drug-likeness (QED) is 0.628. The largest absolute Gasteiger partial charge is 0.450 e. The van der Waals surface area contributed by atoms with Gasteiger partial charge in [0.15, 0.2) is 0 Å². The van der Waals surface area contributed by atoms with Gasteiger partial charge >= 0.3 is 6.09 Å². The number of epoxide rings is 1. The van der Waals surface area contributed by atoms with E-state index in [2.05, 4.69) is 0 Å². The van der Waals surface area contributed by atoms with Crippen molar-refractivity contribution in [2.75, 3.05) is 6.61 Å². The molecule has 2 bridgehead atoms. The van der Waals surface area contributed by atoms with Crippen LogP contribution in [0.5, 0.6) is 0 Å². The fourth-order valence-corrected chi connectivity index (χ4v) is 2.94. The topological polar surface area (TPSA) is 62.3 Å². The Hall–Kier alpha value is -0.810. The highest BCUT2D eigenvalue weighted by atomic mass is 16.6. The molecule has 0 aromatic carbocycles. The maximum absolute atomic E-state index is 11.7. The number of morpholine rings is 1. The second kappa shape index (κ2) is 3.09. The summed E-state index contributed by atoms with van der Waals surface area (Å²) in [5.41, 5.74) is 0. The molecular weight excluding hydrogens is 198 g/mol. The van der Waals surface area contributed by atoms with Gasteiger partial charge in [0.25, 0.3) is 0 Å². The van der Waals surface area contributed by atoms with Crippen LogP contribution < -0.4 is 0 Å². The van der Waals surface area contributed by atoms with Crippen molar-refractivity contribution in [1.82, 2.24) is 4.90 Å². The van der Waals surface area contributed by atoms with Gasteiger partial charge in [-0.05, 0) is 19.8 Å². The average molecular weight is 213 g/mol. The minimum Gasteiger partial charge on any atom is -0.450 e. The predicted octanol–water partition coefficient (Wildman–Crippen LogP) is 0.118. The number of fused-ring (bicyclic) bond motifs is 5. The molecular formula is C10H15NO4. The van der Waals surface area contributed by atoms with Gasteiger partial charge in [-0.25, -0.2) is 4.79 Å². The Bertz CT molecular complexity index is 277. The van der Waals surface area contributed by atoms with Crippen molar-refractivity contribution in [3.8, 4) is 0 Å². The summed E-state index contributed by atoms with van der Waals surface area (Å²) in [5, 5.41) is 9.62. The van der Waals surface area contributed by atoms with Crippen LogP contribution in [-0.4, -0.2) is 53.1 Å². The van der Waals surface area contributed by atoms with E-state index in [9.17, 15) is 9.90 Å². The van der Waals surface area contributed by atoms with Crippen molar-refractivity contribution in [3.63, 3.8) is 0 Å². The number of amides is 1. The SMILES string of the molecule is CCOC(=O)N1[C@@H]2C[C@@H](O)C[C@H]1[C@@H]1O[C@@H]12. The van der Waals surface area contributed by atoms with Crippen LogP contribution in [0.1, 0.15) is 19.8 Å². The van der Waals surface area contributed by atoms with E-state index in [0.717, 1.165) is 0 Å². The Balaban J connectivity index is 1.78. The second-order valence-electron chi connectivity index (χ2n) is 4.43. The number of ether oxygens (including phenoxy) is 2.